The normalized spacial score (nSPS) is 15.5. The lowest BCUT2D eigenvalue weighted by atomic mass is 9.88. The lowest BCUT2D eigenvalue weighted by Crippen LogP contribution is -2.41. The summed E-state index contributed by atoms with van der Waals surface area (Å²) in [5.74, 6) is 0.452. The number of fused-ring (bicyclic) bond motifs is 2. The predicted molar refractivity (Wildman–Crippen MR) is 133 cm³/mol. The summed E-state index contributed by atoms with van der Waals surface area (Å²) in [5, 5.41) is 2.42. The number of pyridine rings is 1. The Balaban J connectivity index is 1.42. The van der Waals surface area contributed by atoms with E-state index < -0.39 is 5.60 Å². The minimum atomic E-state index is -0.456. The molecule has 1 aliphatic heterocycles. The number of carbonyl (C=O) groups is 1. The van der Waals surface area contributed by atoms with Crippen LogP contribution in [0.3, 0.4) is 0 Å². The zero-order chi connectivity index (χ0) is 23.2. The number of H-pyrrole nitrogens is 2. The number of nitrogens with zero attached hydrogens (tertiary/aromatic N) is 2. The van der Waals surface area contributed by atoms with Crippen molar-refractivity contribution in [3.05, 3.63) is 53.9 Å². The zero-order valence-electron chi connectivity index (χ0n) is 19.9. The Kier molecular flexibility index (Phi) is 5.39. The number of aryl methyl sites for hydroxylation is 1. The van der Waals surface area contributed by atoms with Crippen LogP contribution in [0.25, 0.3) is 33.2 Å². The number of rotatable bonds is 3. The van der Waals surface area contributed by atoms with Gasteiger partial charge in [-0.25, -0.2) is 9.78 Å². The molecule has 0 unspecified atom stereocenters. The number of amides is 1. The van der Waals surface area contributed by atoms with Gasteiger partial charge in [0.2, 0.25) is 0 Å². The molecule has 0 bridgehead atoms. The molecule has 4 aromatic rings. The van der Waals surface area contributed by atoms with Crippen LogP contribution >= 0.6 is 0 Å². The smallest absolute Gasteiger partial charge is 0.410 e. The molecule has 6 nitrogen and oxygen atoms in total. The first-order chi connectivity index (χ1) is 15.8. The minimum absolute atomic E-state index is 0.201. The van der Waals surface area contributed by atoms with Gasteiger partial charge in [-0.15, -0.1) is 0 Å². The lowest BCUT2D eigenvalue weighted by molar-refractivity contribution is 0.0205. The van der Waals surface area contributed by atoms with Crippen molar-refractivity contribution < 1.29 is 9.53 Å². The highest BCUT2D eigenvalue weighted by Gasteiger charge is 2.28. The number of aromatic amines is 2. The van der Waals surface area contributed by atoms with Crippen LogP contribution in [0.1, 0.15) is 57.6 Å². The maximum Gasteiger partial charge on any atom is 0.410 e. The Morgan fingerprint density at radius 2 is 1.94 bits per heavy atom. The number of likely N-dealkylation sites (tertiary alicyclic amines) is 1. The van der Waals surface area contributed by atoms with Crippen LogP contribution < -0.4 is 0 Å². The van der Waals surface area contributed by atoms with E-state index in [0.29, 0.717) is 5.92 Å². The monoisotopic (exact) mass is 444 g/mol. The van der Waals surface area contributed by atoms with Gasteiger partial charge in [0.15, 0.2) is 0 Å². The summed E-state index contributed by atoms with van der Waals surface area (Å²) in [5.41, 5.74) is 6.67. The van der Waals surface area contributed by atoms with Crippen molar-refractivity contribution >= 4 is 28.0 Å². The van der Waals surface area contributed by atoms with Gasteiger partial charge in [-0.1, -0.05) is 13.0 Å². The quantitative estimate of drug-likeness (QED) is 0.385. The molecule has 1 saturated heterocycles. The van der Waals surface area contributed by atoms with E-state index in [1.165, 1.54) is 27.8 Å². The van der Waals surface area contributed by atoms with Gasteiger partial charge in [0, 0.05) is 47.3 Å². The molecule has 3 aromatic heterocycles. The van der Waals surface area contributed by atoms with E-state index in [2.05, 4.69) is 52.2 Å². The lowest BCUT2D eigenvalue weighted by Gasteiger charge is -2.33. The van der Waals surface area contributed by atoms with E-state index in [1.54, 1.807) is 0 Å². The first-order valence-corrected chi connectivity index (χ1v) is 11.9. The Morgan fingerprint density at radius 3 is 2.67 bits per heavy atom. The van der Waals surface area contributed by atoms with Crippen LogP contribution in [0.5, 0.6) is 0 Å². The van der Waals surface area contributed by atoms with Gasteiger partial charge in [0.05, 0.1) is 5.69 Å². The van der Waals surface area contributed by atoms with Crippen molar-refractivity contribution in [2.45, 2.75) is 58.5 Å². The molecule has 0 radical (unpaired) electrons. The number of benzene rings is 1. The van der Waals surface area contributed by atoms with E-state index in [1.807, 2.05) is 38.1 Å². The standard InChI is InChI=1S/C27H32N4O2/c1-5-19-22-16-18(17-10-14-31(15-11-17)26(32)33-27(2,3)4)6-7-23(22)30-24(19)20-8-12-28-25-21(20)9-13-29-25/h6-9,12-13,16-17,30H,5,10-11,14-15H2,1-4H3,(H,28,29). The van der Waals surface area contributed by atoms with Crippen molar-refractivity contribution in [1.82, 2.24) is 19.9 Å². The molecule has 0 saturated carbocycles. The Hall–Kier alpha value is -3.28. The summed E-state index contributed by atoms with van der Waals surface area (Å²) in [7, 11) is 0. The third-order valence-electron chi connectivity index (χ3n) is 6.63. The van der Waals surface area contributed by atoms with E-state index in [-0.39, 0.29) is 6.09 Å². The second kappa shape index (κ2) is 8.25. The van der Waals surface area contributed by atoms with E-state index >= 15 is 0 Å². The van der Waals surface area contributed by atoms with Crippen LogP contribution in [0, 0.1) is 0 Å². The summed E-state index contributed by atoms with van der Waals surface area (Å²) >= 11 is 0. The molecule has 1 amide bonds. The van der Waals surface area contributed by atoms with Gasteiger partial charge < -0.3 is 19.6 Å². The molecule has 6 heteroatoms. The van der Waals surface area contributed by atoms with Crippen LogP contribution in [0.2, 0.25) is 0 Å². The fraction of sp³-hybridized carbons (Fsp3) is 0.407. The molecule has 1 aromatic carbocycles. The average Bonchev–Trinajstić information content (AvgIpc) is 3.41. The second-order valence-electron chi connectivity index (χ2n) is 9.98. The molecule has 0 spiro atoms. The maximum atomic E-state index is 12.4. The van der Waals surface area contributed by atoms with Gasteiger partial charge in [-0.05, 0) is 81.3 Å². The molecule has 1 aliphatic rings. The van der Waals surface area contributed by atoms with Gasteiger partial charge >= 0.3 is 6.09 Å². The van der Waals surface area contributed by atoms with Gasteiger partial charge in [-0.2, -0.15) is 0 Å². The molecule has 5 rings (SSSR count). The summed E-state index contributed by atoms with van der Waals surface area (Å²) in [6, 6.07) is 11.0. The summed E-state index contributed by atoms with van der Waals surface area (Å²) in [6.45, 7) is 9.43. The first kappa shape index (κ1) is 21.6. The van der Waals surface area contributed by atoms with Gasteiger partial charge in [-0.3, -0.25) is 0 Å². The molecule has 1 fully saturated rings. The SMILES string of the molecule is CCc1c(-c2ccnc3[nH]ccc23)[nH]c2ccc(C3CCN(C(=O)OC(C)(C)C)CC3)cc12. The number of nitrogens with one attached hydrogen (secondary N) is 2. The van der Waals surface area contributed by atoms with Gasteiger partial charge in [0.25, 0.3) is 0 Å². The Bertz CT molecular complexity index is 1300. The van der Waals surface area contributed by atoms with E-state index in [4.69, 9.17) is 4.74 Å². The number of piperidine rings is 1. The number of carbonyl (C=O) groups excluding carboxylic acids is 1. The van der Waals surface area contributed by atoms with E-state index in [0.717, 1.165) is 48.9 Å². The van der Waals surface area contributed by atoms with Crippen LogP contribution in [-0.4, -0.2) is 44.6 Å². The molecule has 2 N–H and O–H groups in total. The van der Waals surface area contributed by atoms with Crippen molar-refractivity contribution in [3.63, 3.8) is 0 Å². The number of hydrogen-bond donors (Lipinski definition) is 2. The van der Waals surface area contributed by atoms with Crippen LogP contribution in [-0.2, 0) is 11.2 Å². The van der Waals surface area contributed by atoms with Crippen molar-refractivity contribution in [2.24, 2.45) is 0 Å². The van der Waals surface area contributed by atoms with Crippen molar-refractivity contribution in [2.75, 3.05) is 13.1 Å². The Morgan fingerprint density at radius 1 is 1.15 bits per heavy atom. The molecule has 33 heavy (non-hydrogen) atoms. The molecule has 4 heterocycles. The predicted octanol–water partition coefficient (Wildman–Crippen LogP) is 6.39. The van der Waals surface area contributed by atoms with Crippen molar-refractivity contribution in [1.29, 1.82) is 0 Å². The maximum absolute atomic E-state index is 12.4. The zero-order valence-corrected chi connectivity index (χ0v) is 19.9. The second-order valence-corrected chi connectivity index (χ2v) is 9.98. The third-order valence-corrected chi connectivity index (χ3v) is 6.63. The molecular weight excluding hydrogens is 412 g/mol. The van der Waals surface area contributed by atoms with E-state index in [9.17, 15) is 4.79 Å². The molecule has 0 aliphatic carbocycles. The molecule has 172 valence electrons. The highest BCUT2D eigenvalue weighted by Crippen LogP contribution is 2.37. The van der Waals surface area contributed by atoms with Gasteiger partial charge in [0.1, 0.15) is 11.2 Å². The van der Waals surface area contributed by atoms with Crippen molar-refractivity contribution in [3.8, 4) is 11.3 Å². The summed E-state index contributed by atoms with van der Waals surface area (Å²) in [6.07, 6.45) is 6.47. The highest BCUT2D eigenvalue weighted by molar-refractivity contribution is 5.98. The fourth-order valence-corrected chi connectivity index (χ4v) is 5.02. The Labute approximate surface area is 194 Å². The summed E-state index contributed by atoms with van der Waals surface area (Å²) in [4.78, 5) is 25.6. The topological polar surface area (TPSA) is 74.0 Å². The molecule has 0 atom stereocenters. The largest absolute Gasteiger partial charge is 0.444 e. The molecular formula is C27H32N4O2. The third kappa shape index (κ3) is 4.10. The summed E-state index contributed by atoms with van der Waals surface area (Å²) < 4.78 is 5.55. The number of hydrogen-bond acceptors (Lipinski definition) is 3. The minimum Gasteiger partial charge on any atom is -0.444 e. The van der Waals surface area contributed by atoms with Crippen LogP contribution in [0.4, 0.5) is 4.79 Å². The highest BCUT2D eigenvalue weighted by atomic mass is 16.6. The van der Waals surface area contributed by atoms with Crippen LogP contribution in [0.15, 0.2) is 42.7 Å². The average molecular weight is 445 g/mol. The number of ether oxygens (including phenoxy) is 1. The fourth-order valence-electron chi connectivity index (χ4n) is 5.02. The number of aromatic nitrogens is 3. The first-order valence-electron chi connectivity index (χ1n) is 11.9.